The van der Waals surface area contributed by atoms with Gasteiger partial charge in [0.2, 0.25) is 5.71 Å². The Morgan fingerprint density at radius 1 is 0.283 bits per heavy atom. The number of aromatic nitrogens is 3. The normalized spacial score (nSPS) is 12.0. The first kappa shape index (κ1) is 32.9. The highest BCUT2D eigenvalue weighted by molar-refractivity contribution is 6.23. The fourth-order valence-electron chi connectivity index (χ4n) is 9.85. The molecule has 0 saturated carbocycles. The van der Waals surface area contributed by atoms with Crippen molar-refractivity contribution in [3.63, 3.8) is 0 Å². The van der Waals surface area contributed by atoms with Gasteiger partial charge < -0.3 is 13.6 Å². The van der Waals surface area contributed by atoms with Gasteiger partial charge in [-0.05, 0) is 95.1 Å². The van der Waals surface area contributed by atoms with Gasteiger partial charge >= 0.3 is 0 Å². The molecule has 0 unspecified atom stereocenters. The van der Waals surface area contributed by atoms with Gasteiger partial charge in [-0.3, -0.25) is 4.57 Å². The van der Waals surface area contributed by atoms with Crippen molar-refractivity contribution in [2.45, 2.75) is 0 Å². The van der Waals surface area contributed by atoms with Crippen LogP contribution in [0.4, 0.5) is 0 Å². The predicted octanol–water partition coefficient (Wildman–Crippen LogP) is 15.1. The Hall–Kier alpha value is -8.08. The summed E-state index contributed by atoms with van der Waals surface area (Å²) in [5, 5.41) is 8.47. The van der Waals surface area contributed by atoms with Crippen LogP contribution in [0.1, 0.15) is 0 Å². The molecule has 9 aromatic carbocycles. The first-order valence-corrected chi connectivity index (χ1v) is 20.5. The molecule has 13 rings (SSSR count). The van der Waals surface area contributed by atoms with Gasteiger partial charge in [0.1, 0.15) is 5.58 Å². The Kier molecular flexibility index (Phi) is 6.98. The molecular formula is C56H35N3O. The van der Waals surface area contributed by atoms with Crippen molar-refractivity contribution in [1.82, 2.24) is 13.7 Å². The van der Waals surface area contributed by atoms with Gasteiger partial charge in [-0.25, -0.2) is 0 Å². The van der Waals surface area contributed by atoms with E-state index in [-0.39, 0.29) is 0 Å². The standard InChI is InChI=1S/C56H35N3O/c1-2-15-39(16-3-1)59-51-26-11-7-21-46(51)55-54-42(22-13-27-53(54)60-56(55)59)37-30-28-36(29-31-37)38-14-12-17-40(34-38)57-50-25-10-6-20-45(50)47-35-41(32-33-52(47)57)58-48-23-8-4-18-43(48)44-19-5-9-24-49(44)58/h1-35H. The molecule has 0 fully saturated rings. The Bertz CT molecular complexity index is 3770. The molecule has 60 heavy (non-hydrogen) atoms. The second kappa shape index (κ2) is 12.7. The maximum atomic E-state index is 6.71. The Balaban J connectivity index is 0.916. The molecule has 280 valence electrons. The summed E-state index contributed by atoms with van der Waals surface area (Å²) >= 11 is 0. The van der Waals surface area contributed by atoms with E-state index in [9.17, 15) is 0 Å². The van der Waals surface area contributed by atoms with Gasteiger partial charge in [-0.2, -0.15) is 0 Å². The third kappa shape index (κ3) is 4.73. The smallest absolute Gasteiger partial charge is 0.213 e. The van der Waals surface area contributed by atoms with Crippen LogP contribution in [-0.2, 0) is 0 Å². The second-order valence-electron chi connectivity index (χ2n) is 15.7. The highest BCUT2D eigenvalue weighted by Gasteiger charge is 2.22. The van der Waals surface area contributed by atoms with Gasteiger partial charge in [0.05, 0.1) is 33.0 Å². The molecule has 0 spiro atoms. The van der Waals surface area contributed by atoms with E-state index in [1.54, 1.807) is 0 Å². The fraction of sp³-hybridized carbons (Fsp3) is 0. The molecule has 0 aliphatic heterocycles. The van der Waals surface area contributed by atoms with Gasteiger partial charge in [-0.15, -0.1) is 0 Å². The van der Waals surface area contributed by atoms with E-state index in [2.05, 4.69) is 226 Å². The number of rotatable bonds is 5. The number of furan rings is 1. The van der Waals surface area contributed by atoms with Crippen molar-refractivity contribution in [2.75, 3.05) is 0 Å². The lowest BCUT2D eigenvalue weighted by atomic mass is 9.96. The van der Waals surface area contributed by atoms with E-state index in [1.807, 2.05) is 0 Å². The largest absolute Gasteiger partial charge is 0.439 e. The van der Waals surface area contributed by atoms with Crippen molar-refractivity contribution in [3.8, 4) is 39.3 Å². The van der Waals surface area contributed by atoms with E-state index in [1.165, 1.54) is 60.1 Å². The average molecular weight is 766 g/mol. The number of nitrogens with zero attached hydrogens (tertiary/aromatic N) is 3. The zero-order chi connectivity index (χ0) is 39.3. The zero-order valence-electron chi connectivity index (χ0n) is 32.5. The van der Waals surface area contributed by atoms with Crippen LogP contribution in [0, 0.1) is 0 Å². The molecule has 0 radical (unpaired) electrons. The van der Waals surface area contributed by atoms with Crippen LogP contribution in [-0.4, -0.2) is 13.7 Å². The topological polar surface area (TPSA) is 27.9 Å². The summed E-state index contributed by atoms with van der Waals surface area (Å²) in [4.78, 5) is 0. The van der Waals surface area contributed by atoms with Gasteiger partial charge in [0.25, 0.3) is 0 Å². The van der Waals surface area contributed by atoms with E-state index in [4.69, 9.17) is 4.42 Å². The van der Waals surface area contributed by atoms with Crippen LogP contribution >= 0.6 is 0 Å². The Labute approximate surface area is 345 Å². The molecule has 4 aromatic heterocycles. The number of hydrogen-bond donors (Lipinski definition) is 0. The highest BCUT2D eigenvalue weighted by Crippen LogP contribution is 2.44. The summed E-state index contributed by atoms with van der Waals surface area (Å²) in [5.41, 5.74) is 15.7. The molecule has 4 heteroatoms. The van der Waals surface area contributed by atoms with Crippen LogP contribution in [0.25, 0.3) is 116 Å². The Morgan fingerprint density at radius 3 is 1.48 bits per heavy atom. The van der Waals surface area contributed by atoms with Gasteiger partial charge in [-0.1, -0.05) is 140 Å². The molecule has 0 N–H and O–H groups in total. The zero-order valence-corrected chi connectivity index (χ0v) is 32.5. The maximum absolute atomic E-state index is 6.71. The molecule has 0 amide bonds. The summed E-state index contributed by atoms with van der Waals surface area (Å²) in [7, 11) is 0. The lowest BCUT2D eigenvalue weighted by molar-refractivity contribution is 0.645. The van der Waals surface area contributed by atoms with E-state index >= 15 is 0 Å². The third-order valence-electron chi connectivity index (χ3n) is 12.5. The molecule has 0 aliphatic rings. The Morgan fingerprint density at radius 2 is 0.800 bits per heavy atom. The van der Waals surface area contributed by atoms with Crippen molar-refractivity contribution in [1.29, 1.82) is 0 Å². The van der Waals surface area contributed by atoms with Crippen LogP contribution < -0.4 is 0 Å². The SMILES string of the molecule is c1ccc(-n2c3ccccc3c3c4c(-c5ccc(-c6cccc(-n7c8ccccc8c8cc(-n9c%10ccccc%10c%10ccccc%109)ccc87)c6)cc5)cccc4oc32)cc1. The quantitative estimate of drug-likeness (QED) is 0.171. The average Bonchev–Trinajstić information content (AvgIpc) is 4.05. The second-order valence-corrected chi connectivity index (χ2v) is 15.7. The molecular weight excluding hydrogens is 731 g/mol. The van der Waals surface area contributed by atoms with Crippen molar-refractivity contribution in [3.05, 3.63) is 212 Å². The monoisotopic (exact) mass is 765 g/mol. The van der Waals surface area contributed by atoms with Crippen LogP contribution in [0.5, 0.6) is 0 Å². The molecule has 4 heterocycles. The van der Waals surface area contributed by atoms with E-state index in [0.29, 0.717) is 0 Å². The van der Waals surface area contributed by atoms with Crippen molar-refractivity contribution < 1.29 is 4.42 Å². The van der Waals surface area contributed by atoms with Crippen LogP contribution in [0.15, 0.2) is 217 Å². The molecule has 0 atom stereocenters. The van der Waals surface area contributed by atoms with Crippen molar-refractivity contribution in [2.24, 2.45) is 0 Å². The number of benzene rings is 9. The van der Waals surface area contributed by atoms with E-state index < -0.39 is 0 Å². The third-order valence-corrected chi connectivity index (χ3v) is 12.5. The van der Waals surface area contributed by atoms with E-state index in [0.717, 1.165) is 55.8 Å². The molecule has 0 saturated heterocycles. The summed E-state index contributed by atoms with van der Waals surface area (Å²) < 4.78 is 13.8. The number of fused-ring (bicyclic) bond motifs is 11. The number of para-hydroxylation sites is 5. The minimum atomic E-state index is 0.867. The molecule has 0 bridgehead atoms. The summed E-state index contributed by atoms with van der Waals surface area (Å²) in [6.45, 7) is 0. The minimum Gasteiger partial charge on any atom is -0.439 e. The molecule has 4 nitrogen and oxygen atoms in total. The molecule has 0 aliphatic carbocycles. The van der Waals surface area contributed by atoms with Gasteiger partial charge in [0.15, 0.2) is 0 Å². The summed E-state index contributed by atoms with van der Waals surface area (Å²) in [6.07, 6.45) is 0. The summed E-state index contributed by atoms with van der Waals surface area (Å²) in [6, 6.07) is 76.6. The minimum absolute atomic E-state index is 0.867. The molecule has 13 aromatic rings. The first-order chi connectivity index (χ1) is 29.8. The fourth-order valence-corrected chi connectivity index (χ4v) is 9.85. The van der Waals surface area contributed by atoms with Crippen LogP contribution in [0.3, 0.4) is 0 Å². The maximum Gasteiger partial charge on any atom is 0.213 e. The lowest BCUT2D eigenvalue weighted by Crippen LogP contribution is -1.96. The predicted molar refractivity (Wildman–Crippen MR) is 250 cm³/mol. The number of hydrogen-bond acceptors (Lipinski definition) is 1. The first-order valence-electron chi connectivity index (χ1n) is 20.5. The summed E-state index contributed by atoms with van der Waals surface area (Å²) in [5.74, 6) is 0. The van der Waals surface area contributed by atoms with Gasteiger partial charge in [0, 0.05) is 49.4 Å². The van der Waals surface area contributed by atoms with Crippen LogP contribution in [0.2, 0.25) is 0 Å². The lowest BCUT2D eigenvalue weighted by Gasteiger charge is -2.12. The van der Waals surface area contributed by atoms with Crippen molar-refractivity contribution >= 4 is 76.6 Å². The highest BCUT2D eigenvalue weighted by atomic mass is 16.3.